The molecule has 0 aliphatic heterocycles. The average Bonchev–Trinajstić information content (AvgIpc) is 2.56. The van der Waals surface area contributed by atoms with Crippen molar-refractivity contribution in [2.45, 2.75) is 71.7 Å². The number of ether oxygens (including phenoxy) is 1. The summed E-state index contributed by atoms with van der Waals surface area (Å²) in [5.41, 5.74) is 3.91. The quantitative estimate of drug-likeness (QED) is 0.196. The largest absolute Gasteiger partial charge is 0.543 e. The molecule has 0 aromatic heterocycles. The molecule has 140 valence electrons. The van der Waals surface area contributed by atoms with E-state index >= 15 is 0 Å². The van der Waals surface area contributed by atoms with Crippen LogP contribution in [0.3, 0.4) is 0 Å². The topological polar surface area (TPSA) is 18.5 Å². The lowest BCUT2D eigenvalue weighted by Gasteiger charge is -2.42. The summed E-state index contributed by atoms with van der Waals surface area (Å²) in [7, 11) is -1.93. The molecule has 1 aromatic carbocycles. The first kappa shape index (κ1) is 21.7. The van der Waals surface area contributed by atoms with Crippen molar-refractivity contribution in [3.63, 3.8) is 0 Å². The summed E-state index contributed by atoms with van der Waals surface area (Å²) in [4.78, 5) is 0. The predicted molar refractivity (Wildman–Crippen MR) is 111 cm³/mol. The van der Waals surface area contributed by atoms with Gasteiger partial charge < -0.3 is 9.16 Å². The molecule has 0 N–H and O–H groups in total. The van der Waals surface area contributed by atoms with Gasteiger partial charge in [0.25, 0.3) is 8.32 Å². The third-order valence-corrected chi connectivity index (χ3v) is 11.1. The maximum Gasteiger partial charge on any atom is 0.258 e. The summed E-state index contributed by atoms with van der Waals surface area (Å²) in [6, 6.07) is 10.2. The standard InChI is InChI=1S/C22H36O2Si/c1-17(2)25(18(3)4,19(5)6)24-21(8)20(7)14-15-23-16-22-12-10-9-11-13-22/h9-14,17-19H,8,15-16H2,1-7H3/b20-14+. The van der Waals surface area contributed by atoms with E-state index in [1.807, 2.05) is 18.2 Å². The SMILES string of the molecule is C=C(O[Si](C(C)C)(C(C)C)C(C)C)/C(C)=C/COCc1ccccc1. The molecule has 0 spiro atoms. The number of hydrogen-bond donors (Lipinski definition) is 0. The van der Waals surface area contributed by atoms with Crippen molar-refractivity contribution in [3.05, 3.63) is 59.9 Å². The van der Waals surface area contributed by atoms with E-state index in [4.69, 9.17) is 9.16 Å². The highest BCUT2D eigenvalue weighted by Gasteiger charge is 2.47. The van der Waals surface area contributed by atoms with Crippen molar-refractivity contribution >= 4 is 8.32 Å². The molecule has 25 heavy (non-hydrogen) atoms. The van der Waals surface area contributed by atoms with E-state index in [1.165, 1.54) is 5.56 Å². The molecule has 0 atom stereocenters. The van der Waals surface area contributed by atoms with E-state index < -0.39 is 8.32 Å². The molecule has 0 bridgehead atoms. The normalized spacial score (nSPS) is 13.0. The smallest absolute Gasteiger partial charge is 0.258 e. The first-order valence-electron chi connectivity index (χ1n) is 9.38. The van der Waals surface area contributed by atoms with Gasteiger partial charge in [-0.25, -0.2) is 0 Å². The molecule has 0 saturated heterocycles. The second-order valence-electron chi connectivity index (χ2n) is 7.73. The van der Waals surface area contributed by atoms with Crippen LogP contribution < -0.4 is 0 Å². The highest BCUT2D eigenvalue weighted by molar-refractivity contribution is 6.77. The van der Waals surface area contributed by atoms with Gasteiger partial charge in [-0.3, -0.25) is 0 Å². The zero-order valence-corrected chi connectivity index (χ0v) is 18.1. The van der Waals surface area contributed by atoms with Crippen LogP contribution in [0, 0.1) is 0 Å². The number of hydrogen-bond acceptors (Lipinski definition) is 2. The van der Waals surface area contributed by atoms with Gasteiger partial charge in [-0.2, -0.15) is 0 Å². The van der Waals surface area contributed by atoms with Crippen LogP contribution in [-0.2, 0) is 15.8 Å². The summed E-state index contributed by atoms with van der Waals surface area (Å²) in [6.07, 6.45) is 2.07. The molecule has 0 heterocycles. The Morgan fingerprint density at radius 3 is 2.00 bits per heavy atom. The summed E-state index contributed by atoms with van der Waals surface area (Å²) in [5.74, 6) is 0.811. The monoisotopic (exact) mass is 360 g/mol. The third kappa shape index (κ3) is 5.86. The fourth-order valence-electron chi connectivity index (χ4n) is 3.70. The molecule has 3 heteroatoms. The Balaban J connectivity index is 2.67. The van der Waals surface area contributed by atoms with E-state index in [0.717, 1.165) is 11.3 Å². The van der Waals surface area contributed by atoms with Gasteiger partial charge >= 0.3 is 0 Å². The van der Waals surface area contributed by atoms with E-state index in [2.05, 4.69) is 73.3 Å². The van der Waals surface area contributed by atoms with E-state index in [9.17, 15) is 0 Å². The molecule has 0 radical (unpaired) electrons. The minimum absolute atomic E-state index is 0.548. The van der Waals surface area contributed by atoms with Gasteiger partial charge in [0.2, 0.25) is 0 Å². The van der Waals surface area contributed by atoms with Gasteiger partial charge in [0.1, 0.15) is 0 Å². The molecule has 0 saturated carbocycles. The van der Waals surface area contributed by atoms with Crippen LogP contribution in [0.4, 0.5) is 0 Å². The zero-order valence-electron chi connectivity index (χ0n) is 17.1. The molecule has 0 fully saturated rings. The molecule has 0 amide bonds. The first-order chi connectivity index (χ1) is 11.7. The van der Waals surface area contributed by atoms with Crippen molar-refractivity contribution in [3.8, 4) is 0 Å². The zero-order chi connectivity index (χ0) is 19.0. The van der Waals surface area contributed by atoms with Crippen molar-refractivity contribution in [2.75, 3.05) is 6.61 Å². The Labute approximate surface area is 156 Å². The van der Waals surface area contributed by atoms with Gasteiger partial charge in [0.15, 0.2) is 0 Å². The maximum absolute atomic E-state index is 6.62. The third-order valence-electron chi connectivity index (χ3n) is 5.07. The lowest BCUT2D eigenvalue weighted by atomic mass is 10.2. The lowest BCUT2D eigenvalue weighted by Crippen LogP contribution is -2.47. The molecule has 1 rings (SSSR count). The number of allylic oxidation sites excluding steroid dienone is 1. The van der Waals surface area contributed by atoms with Gasteiger partial charge in [-0.1, -0.05) is 84.5 Å². The van der Waals surface area contributed by atoms with Crippen LogP contribution in [0.5, 0.6) is 0 Å². The summed E-state index contributed by atoms with van der Waals surface area (Å²) < 4.78 is 12.4. The van der Waals surface area contributed by atoms with Crippen LogP contribution in [0.25, 0.3) is 0 Å². The number of rotatable bonds is 10. The van der Waals surface area contributed by atoms with Crippen molar-refractivity contribution < 1.29 is 9.16 Å². The Kier molecular flexibility index (Phi) is 8.67. The summed E-state index contributed by atoms with van der Waals surface area (Å²) >= 11 is 0. The average molecular weight is 361 g/mol. The Morgan fingerprint density at radius 1 is 1.00 bits per heavy atom. The molecule has 0 aliphatic rings. The molecule has 1 aromatic rings. The first-order valence-corrected chi connectivity index (χ1v) is 11.5. The Morgan fingerprint density at radius 2 is 1.52 bits per heavy atom. The van der Waals surface area contributed by atoms with Gasteiger partial charge in [0, 0.05) is 0 Å². The second-order valence-corrected chi connectivity index (χ2v) is 13.1. The summed E-state index contributed by atoms with van der Waals surface area (Å²) in [6.45, 7) is 21.2. The maximum atomic E-state index is 6.62. The fourth-order valence-corrected chi connectivity index (χ4v) is 8.99. The highest BCUT2D eigenvalue weighted by Crippen LogP contribution is 2.44. The molecular formula is C22H36O2Si. The van der Waals surface area contributed by atoms with Crippen LogP contribution in [-0.4, -0.2) is 14.9 Å². The summed E-state index contributed by atoms with van der Waals surface area (Å²) in [5, 5.41) is 0. The van der Waals surface area contributed by atoms with Gasteiger partial charge in [-0.05, 0) is 34.7 Å². The van der Waals surface area contributed by atoms with Crippen molar-refractivity contribution in [2.24, 2.45) is 0 Å². The second kappa shape index (κ2) is 9.98. The Hall–Kier alpha value is -1.32. The fraction of sp³-hybridized carbons (Fsp3) is 0.545. The lowest BCUT2D eigenvalue weighted by molar-refractivity contribution is 0.148. The van der Waals surface area contributed by atoms with E-state index in [-0.39, 0.29) is 0 Å². The number of benzene rings is 1. The van der Waals surface area contributed by atoms with Crippen LogP contribution >= 0.6 is 0 Å². The molecular weight excluding hydrogens is 324 g/mol. The minimum Gasteiger partial charge on any atom is -0.543 e. The van der Waals surface area contributed by atoms with E-state index in [1.54, 1.807) is 0 Å². The van der Waals surface area contributed by atoms with Crippen LogP contribution in [0.2, 0.25) is 16.6 Å². The molecule has 2 nitrogen and oxygen atoms in total. The van der Waals surface area contributed by atoms with Crippen molar-refractivity contribution in [1.29, 1.82) is 0 Å². The molecule has 0 unspecified atom stereocenters. The van der Waals surface area contributed by atoms with Crippen LogP contribution in [0.1, 0.15) is 54.0 Å². The van der Waals surface area contributed by atoms with Gasteiger partial charge in [0.05, 0.1) is 19.0 Å². The van der Waals surface area contributed by atoms with Crippen molar-refractivity contribution in [1.82, 2.24) is 0 Å². The van der Waals surface area contributed by atoms with E-state index in [0.29, 0.717) is 29.8 Å². The predicted octanol–water partition coefficient (Wildman–Crippen LogP) is 6.86. The Bertz CT molecular complexity index is 537. The molecule has 0 aliphatic carbocycles. The highest BCUT2D eigenvalue weighted by atomic mass is 28.4. The minimum atomic E-state index is -1.93. The van der Waals surface area contributed by atoms with Crippen LogP contribution in [0.15, 0.2) is 54.3 Å². The van der Waals surface area contributed by atoms with Gasteiger partial charge in [-0.15, -0.1) is 0 Å².